The van der Waals surface area contributed by atoms with E-state index in [1.54, 1.807) is 6.20 Å². The van der Waals surface area contributed by atoms with Crippen LogP contribution in [0.2, 0.25) is 0 Å². The van der Waals surface area contributed by atoms with Crippen LogP contribution >= 0.6 is 0 Å². The smallest absolute Gasteiger partial charge is 0.145 e. The average molecular weight is 270 g/mol. The first kappa shape index (κ1) is 14.5. The molecule has 1 aromatic heterocycles. The van der Waals surface area contributed by atoms with Crippen LogP contribution in [-0.2, 0) is 6.54 Å². The Kier molecular flexibility index (Phi) is 5.13. The van der Waals surface area contributed by atoms with E-state index in [0.717, 1.165) is 30.3 Å². The summed E-state index contributed by atoms with van der Waals surface area (Å²) in [6, 6.07) is 12.0. The maximum absolute atomic E-state index is 5.75. The Morgan fingerprint density at radius 1 is 1.05 bits per heavy atom. The highest BCUT2D eigenvalue weighted by Crippen LogP contribution is 2.20. The molecule has 20 heavy (non-hydrogen) atoms. The first-order valence-electron chi connectivity index (χ1n) is 7.03. The van der Waals surface area contributed by atoms with Gasteiger partial charge in [-0.25, -0.2) is 0 Å². The molecule has 2 rings (SSSR count). The molecule has 0 spiro atoms. The molecule has 1 heterocycles. The lowest BCUT2D eigenvalue weighted by atomic mass is 10.2. The molecule has 0 aliphatic carbocycles. The predicted octanol–water partition coefficient (Wildman–Crippen LogP) is 3.93. The lowest BCUT2D eigenvalue weighted by Gasteiger charge is -2.09. The fraction of sp³-hybridized carbons (Fsp3) is 0.353. The van der Waals surface area contributed by atoms with Gasteiger partial charge in [-0.1, -0.05) is 26.0 Å². The predicted molar refractivity (Wildman–Crippen MR) is 82.0 cm³/mol. The van der Waals surface area contributed by atoms with E-state index in [1.807, 2.05) is 31.2 Å². The van der Waals surface area contributed by atoms with Crippen LogP contribution in [0.1, 0.15) is 25.1 Å². The molecule has 3 heteroatoms. The molecule has 0 bridgehead atoms. The molecule has 0 aliphatic heterocycles. The Morgan fingerprint density at radius 3 is 2.35 bits per heavy atom. The number of rotatable bonds is 6. The summed E-state index contributed by atoms with van der Waals surface area (Å²) in [7, 11) is 0. The third-order valence-corrected chi connectivity index (χ3v) is 2.92. The van der Waals surface area contributed by atoms with Crippen LogP contribution in [-0.4, -0.2) is 11.5 Å². The second-order valence-corrected chi connectivity index (χ2v) is 5.41. The van der Waals surface area contributed by atoms with Crippen LogP contribution in [0.25, 0.3) is 0 Å². The average Bonchev–Trinajstić information content (AvgIpc) is 2.43. The monoisotopic (exact) mass is 270 g/mol. The van der Waals surface area contributed by atoms with Crippen LogP contribution in [0.5, 0.6) is 11.5 Å². The van der Waals surface area contributed by atoms with Crippen LogP contribution < -0.4 is 10.1 Å². The summed E-state index contributed by atoms with van der Waals surface area (Å²) in [5.41, 5.74) is 2.25. The highest BCUT2D eigenvalue weighted by atomic mass is 16.5. The Bertz CT molecular complexity index is 518. The van der Waals surface area contributed by atoms with Gasteiger partial charge in [0, 0.05) is 12.2 Å². The summed E-state index contributed by atoms with van der Waals surface area (Å²) >= 11 is 0. The summed E-state index contributed by atoms with van der Waals surface area (Å²) in [5.74, 6) is 2.27. The van der Waals surface area contributed by atoms with Gasteiger partial charge in [-0.05, 0) is 49.2 Å². The van der Waals surface area contributed by atoms with Crippen molar-refractivity contribution < 1.29 is 4.74 Å². The molecule has 1 N–H and O–H groups in total. The number of aryl methyl sites for hydroxylation is 1. The van der Waals surface area contributed by atoms with Gasteiger partial charge in [-0.2, -0.15) is 0 Å². The van der Waals surface area contributed by atoms with E-state index in [0.29, 0.717) is 5.92 Å². The standard InChI is InChI=1S/C17H22N2O/c1-13(2)10-18-11-15-5-8-16(9-6-15)20-17-7-4-14(3)19-12-17/h4-9,12-13,18H,10-11H2,1-3H3. The van der Waals surface area contributed by atoms with Crippen molar-refractivity contribution in [2.45, 2.75) is 27.3 Å². The van der Waals surface area contributed by atoms with Crippen LogP contribution in [0.15, 0.2) is 42.6 Å². The molecule has 0 aliphatic rings. The number of nitrogens with one attached hydrogen (secondary N) is 1. The molecule has 0 fully saturated rings. The zero-order valence-electron chi connectivity index (χ0n) is 12.4. The molecule has 0 amide bonds. The van der Waals surface area contributed by atoms with Crippen LogP contribution in [0.3, 0.4) is 0 Å². The van der Waals surface area contributed by atoms with E-state index in [2.05, 4.69) is 36.3 Å². The highest BCUT2D eigenvalue weighted by molar-refractivity contribution is 5.32. The third kappa shape index (κ3) is 4.67. The van der Waals surface area contributed by atoms with Gasteiger partial charge in [-0.3, -0.25) is 4.98 Å². The molecule has 0 saturated carbocycles. The van der Waals surface area contributed by atoms with Gasteiger partial charge in [0.1, 0.15) is 11.5 Å². The highest BCUT2D eigenvalue weighted by Gasteiger charge is 1.99. The Morgan fingerprint density at radius 2 is 1.75 bits per heavy atom. The molecule has 0 unspecified atom stereocenters. The topological polar surface area (TPSA) is 34.1 Å². The maximum atomic E-state index is 5.75. The molecule has 106 valence electrons. The molecule has 3 nitrogen and oxygen atoms in total. The van der Waals surface area contributed by atoms with E-state index in [-0.39, 0.29) is 0 Å². The molecule has 0 saturated heterocycles. The van der Waals surface area contributed by atoms with Crippen molar-refractivity contribution >= 4 is 0 Å². The summed E-state index contributed by atoms with van der Waals surface area (Å²) in [5, 5.41) is 3.43. The number of hydrogen-bond donors (Lipinski definition) is 1. The second kappa shape index (κ2) is 7.06. The van der Waals surface area contributed by atoms with Gasteiger partial charge in [0.2, 0.25) is 0 Å². The fourth-order valence-electron chi connectivity index (χ4n) is 1.83. The minimum Gasteiger partial charge on any atom is -0.456 e. The van der Waals surface area contributed by atoms with Crippen LogP contribution in [0.4, 0.5) is 0 Å². The first-order chi connectivity index (χ1) is 9.63. The Hall–Kier alpha value is -1.87. The van der Waals surface area contributed by atoms with Gasteiger partial charge in [0.15, 0.2) is 0 Å². The normalized spacial score (nSPS) is 10.8. The summed E-state index contributed by atoms with van der Waals surface area (Å²) in [6.07, 6.45) is 1.74. The zero-order chi connectivity index (χ0) is 14.4. The fourth-order valence-corrected chi connectivity index (χ4v) is 1.83. The van der Waals surface area contributed by atoms with Crippen molar-refractivity contribution in [3.63, 3.8) is 0 Å². The minimum atomic E-state index is 0.673. The van der Waals surface area contributed by atoms with Gasteiger partial charge in [-0.15, -0.1) is 0 Å². The van der Waals surface area contributed by atoms with Gasteiger partial charge in [0.05, 0.1) is 6.20 Å². The Balaban J connectivity index is 1.89. The molecular weight excluding hydrogens is 248 g/mol. The van der Waals surface area contributed by atoms with Crippen LogP contribution in [0, 0.1) is 12.8 Å². The summed E-state index contributed by atoms with van der Waals surface area (Å²) in [4.78, 5) is 4.21. The summed E-state index contributed by atoms with van der Waals surface area (Å²) in [6.45, 7) is 8.31. The minimum absolute atomic E-state index is 0.673. The second-order valence-electron chi connectivity index (χ2n) is 5.41. The van der Waals surface area contributed by atoms with Crippen molar-refractivity contribution in [2.75, 3.05) is 6.54 Å². The lowest BCUT2D eigenvalue weighted by Crippen LogP contribution is -2.18. The van der Waals surface area contributed by atoms with Crippen molar-refractivity contribution in [2.24, 2.45) is 5.92 Å². The lowest BCUT2D eigenvalue weighted by molar-refractivity contribution is 0.479. The van der Waals surface area contributed by atoms with E-state index < -0.39 is 0 Å². The number of nitrogens with zero attached hydrogens (tertiary/aromatic N) is 1. The quantitative estimate of drug-likeness (QED) is 0.863. The third-order valence-electron chi connectivity index (χ3n) is 2.92. The number of hydrogen-bond acceptors (Lipinski definition) is 3. The number of pyridine rings is 1. The van der Waals surface area contributed by atoms with Crippen molar-refractivity contribution in [3.8, 4) is 11.5 Å². The van der Waals surface area contributed by atoms with Gasteiger partial charge >= 0.3 is 0 Å². The molecular formula is C17H22N2O. The van der Waals surface area contributed by atoms with Gasteiger partial charge in [0.25, 0.3) is 0 Å². The van der Waals surface area contributed by atoms with E-state index in [4.69, 9.17) is 4.74 Å². The Labute approximate surface area is 121 Å². The molecule has 1 aromatic carbocycles. The molecule has 0 atom stereocenters. The maximum Gasteiger partial charge on any atom is 0.145 e. The number of aromatic nitrogens is 1. The molecule has 0 radical (unpaired) electrons. The number of benzene rings is 1. The molecule has 2 aromatic rings. The zero-order valence-corrected chi connectivity index (χ0v) is 12.4. The van der Waals surface area contributed by atoms with E-state index >= 15 is 0 Å². The summed E-state index contributed by atoms with van der Waals surface area (Å²) < 4.78 is 5.75. The SMILES string of the molecule is Cc1ccc(Oc2ccc(CNCC(C)C)cc2)cn1. The van der Waals surface area contributed by atoms with Crippen molar-refractivity contribution in [3.05, 3.63) is 53.9 Å². The van der Waals surface area contributed by atoms with E-state index in [9.17, 15) is 0 Å². The van der Waals surface area contributed by atoms with Crippen molar-refractivity contribution in [1.82, 2.24) is 10.3 Å². The largest absolute Gasteiger partial charge is 0.456 e. The van der Waals surface area contributed by atoms with Gasteiger partial charge < -0.3 is 10.1 Å². The van der Waals surface area contributed by atoms with E-state index in [1.165, 1.54) is 5.56 Å². The first-order valence-corrected chi connectivity index (χ1v) is 7.03. The van der Waals surface area contributed by atoms with Crippen molar-refractivity contribution in [1.29, 1.82) is 0 Å². The number of ether oxygens (including phenoxy) is 1.